The van der Waals surface area contributed by atoms with Crippen molar-refractivity contribution in [2.75, 3.05) is 6.26 Å². The van der Waals surface area contributed by atoms with Gasteiger partial charge in [-0.25, -0.2) is 4.79 Å². The van der Waals surface area contributed by atoms with E-state index in [4.69, 9.17) is 5.11 Å². The standard InChI is InChI=1S/C10H18N2O3S/c1-6(9(13)14)11-10(15)12-7-3-4-8(5-7)16-2/h6-8H,3-5H2,1-2H3,(H,13,14)(H2,11,12,15)/t6-,7?,8?/m1/s1. The van der Waals surface area contributed by atoms with E-state index in [-0.39, 0.29) is 12.1 Å². The van der Waals surface area contributed by atoms with Gasteiger partial charge in [-0.2, -0.15) is 11.8 Å². The number of rotatable bonds is 4. The number of hydrogen-bond donors (Lipinski definition) is 3. The topological polar surface area (TPSA) is 78.4 Å². The highest BCUT2D eigenvalue weighted by molar-refractivity contribution is 7.99. The number of nitrogens with one attached hydrogen (secondary N) is 2. The van der Waals surface area contributed by atoms with E-state index in [2.05, 4.69) is 16.9 Å². The Morgan fingerprint density at radius 3 is 2.62 bits per heavy atom. The summed E-state index contributed by atoms with van der Waals surface area (Å²) >= 11 is 1.82. The fraction of sp³-hybridized carbons (Fsp3) is 0.800. The molecule has 5 nitrogen and oxygen atoms in total. The predicted molar refractivity (Wildman–Crippen MR) is 63.7 cm³/mol. The Kier molecular flexibility index (Phi) is 4.92. The van der Waals surface area contributed by atoms with E-state index >= 15 is 0 Å². The Bertz CT molecular complexity index is 273. The molecule has 1 aliphatic carbocycles. The summed E-state index contributed by atoms with van der Waals surface area (Å²) in [6.45, 7) is 1.45. The third-order valence-corrected chi connectivity index (χ3v) is 3.87. The number of carboxylic acids is 1. The molecule has 6 heteroatoms. The van der Waals surface area contributed by atoms with Crippen LogP contribution in [0.5, 0.6) is 0 Å². The molecule has 0 saturated heterocycles. The highest BCUT2D eigenvalue weighted by Gasteiger charge is 2.25. The van der Waals surface area contributed by atoms with Gasteiger partial charge in [0, 0.05) is 11.3 Å². The van der Waals surface area contributed by atoms with Crippen LogP contribution in [0.15, 0.2) is 0 Å². The van der Waals surface area contributed by atoms with Crippen LogP contribution in [-0.4, -0.2) is 40.7 Å². The Labute approximate surface area is 99.4 Å². The molecule has 0 radical (unpaired) electrons. The largest absolute Gasteiger partial charge is 0.480 e. The predicted octanol–water partition coefficient (Wildman–Crippen LogP) is 1.04. The number of carbonyl (C=O) groups is 2. The Balaban J connectivity index is 2.27. The zero-order valence-electron chi connectivity index (χ0n) is 9.53. The lowest BCUT2D eigenvalue weighted by Gasteiger charge is -2.15. The van der Waals surface area contributed by atoms with Crippen LogP contribution in [0.3, 0.4) is 0 Å². The second kappa shape index (κ2) is 5.98. The highest BCUT2D eigenvalue weighted by Crippen LogP contribution is 2.27. The van der Waals surface area contributed by atoms with Crippen LogP contribution < -0.4 is 10.6 Å². The van der Waals surface area contributed by atoms with Crippen molar-refractivity contribution in [2.24, 2.45) is 0 Å². The molecule has 92 valence electrons. The molecule has 0 spiro atoms. The van der Waals surface area contributed by atoms with E-state index in [0.717, 1.165) is 19.3 Å². The number of carboxylic acid groups (broad SMARTS) is 1. The summed E-state index contributed by atoms with van der Waals surface area (Å²) in [5, 5.41) is 14.4. The molecule has 3 N–H and O–H groups in total. The van der Waals surface area contributed by atoms with Gasteiger partial charge in [-0.1, -0.05) is 0 Å². The Morgan fingerprint density at radius 2 is 2.12 bits per heavy atom. The van der Waals surface area contributed by atoms with Gasteiger partial charge in [0.25, 0.3) is 0 Å². The maximum Gasteiger partial charge on any atom is 0.325 e. The van der Waals surface area contributed by atoms with Gasteiger partial charge in [-0.3, -0.25) is 4.79 Å². The minimum Gasteiger partial charge on any atom is -0.480 e. The monoisotopic (exact) mass is 246 g/mol. The zero-order valence-corrected chi connectivity index (χ0v) is 10.3. The first kappa shape index (κ1) is 13.2. The number of hydrogen-bond acceptors (Lipinski definition) is 3. The third kappa shape index (κ3) is 3.92. The molecule has 0 aromatic carbocycles. The molecule has 2 amide bonds. The lowest BCUT2D eigenvalue weighted by Crippen LogP contribution is -2.47. The average Bonchev–Trinajstić information content (AvgIpc) is 2.65. The van der Waals surface area contributed by atoms with Gasteiger partial charge in [0.05, 0.1) is 0 Å². The average molecular weight is 246 g/mol. The second-order valence-electron chi connectivity index (χ2n) is 4.05. The summed E-state index contributed by atoms with van der Waals surface area (Å²) in [6, 6.07) is -1.06. The van der Waals surface area contributed by atoms with Gasteiger partial charge in [0.1, 0.15) is 6.04 Å². The van der Waals surface area contributed by atoms with Crippen molar-refractivity contribution in [3.8, 4) is 0 Å². The molecular formula is C10H18N2O3S. The molecule has 0 aromatic rings. The lowest BCUT2D eigenvalue weighted by molar-refractivity contribution is -0.138. The van der Waals surface area contributed by atoms with Crippen molar-refractivity contribution in [1.82, 2.24) is 10.6 Å². The van der Waals surface area contributed by atoms with E-state index in [1.807, 2.05) is 11.8 Å². The lowest BCUT2D eigenvalue weighted by atomic mass is 10.2. The highest BCUT2D eigenvalue weighted by atomic mass is 32.2. The van der Waals surface area contributed by atoms with E-state index in [0.29, 0.717) is 5.25 Å². The van der Waals surface area contributed by atoms with E-state index in [1.54, 1.807) is 0 Å². The van der Waals surface area contributed by atoms with Crippen molar-refractivity contribution in [3.05, 3.63) is 0 Å². The molecule has 3 atom stereocenters. The van der Waals surface area contributed by atoms with Gasteiger partial charge < -0.3 is 15.7 Å². The first-order valence-corrected chi connectivity index (χ1v) is 6.64. The quantitative estimate of drug-likeness (QED) is 0.692. The van der Waals surface area contributed by atoms with Gasteiger partial charge in [-0.05, 0) is 32.4 Å². The number of carbonyl (C=O) groups excluding carboxylic acids is 1. The summed E-state index contributed by atoms with van der Waals surface area (Å²) in [5.41, 5.74) is 0. The first-order chi connectivity index (χ1) is 7.52. The molecule has 0 heterocycles. The number of amides is 2. The van der Waals surface area contributed by atoms with Gasteiger partial charge in [0.15, 0.2) is 0 Å². The van der Waals surface area contributed by atoms with Crippen molar-refractivity contribution in [1.29, 1.82) is 0 Å². The van der Waals surface area contributed by atoms with Crippen molar-refractivity contribution >= 4 is 23.8 Å². The summed E-state index contributed by atoms with van der Waals surface area (Å²) in [5.74, 6) is -1.02. The smallest absolute Gasteiger partial charge is 0.325 e. The summed E-state index contributed by atoms with van der Waals surface area (Å²) in [6.07, 6.45) is 5.12. The SMILES string of the molecule is CSC1CCC(NC(=O)N[C@H](C)C(=O)O)C1. The minimum absolute atomic E-state index is 0.179. The van der Waals surface area contributed by atoms with E-state index in [1.165, 1.54) is 6.92 Å². The normalized spacial score (nSPS) is 26.1. The molecule has 0 aromatic heterocycles. The zero-order chi connectivity index (χ0) is 12.1. The Hall–Kier alpha value is -0.910. The van der Waals surface area contributed by atoms with Crippen molar-refractivity contribution in [3.63, 3.8) is 0 Å². The fourth-order valence-electron chi connectivity index (χ4n) is 1.77. The van der Waals surface area contributed by atoms with Crippen LogP contribution in [-0.2, 0) is 4.79 Å². The first-order valence-electron chi connectivity index (χ1n) is 5.35. The number of urea groups is 1. The molecule has 16 heavy (non-hydrogen) atoms. The maximum atomic E-state index is 11.4. The fourth-order valence-corrected chi connectivity index (χ4v) is 2.57. The van der Waals surface area contributed by atoms with Gasteiger partial charge >= 0.3 is 12.0 Å². The van der Waals surface area contributed by atoms with Gasteiger partial charge in [0.2, 0.25) is 0 Å². The van der Waals surface area contributed by atoms with Gasteiger partial charge in [-0.15, -0.1) is 0 Å². The Morgan fingerprint density at radius 1 is 1.44 bits per heavy atom. The van der Waals surface area contributed by atoms with Crippen LogP contribution in [0.25, 0.3) is 0 Å². The van der Waals surface area contributed by atoms with Crippen LogP contribution in [0, 0.1) is 0 Å². The maximum absolute atomic E-state index is 11.4. The third-order valence-electron chi connectivity index (χ3n) is 2.77. The van der Waals surface area contributed by atoms with Crippen LogP contribution in [0.1, 0.15) is 26.2 Å². The molecule has 1 aliphatic rings. The minimum atomic E-state index is -1.02. The van der Waals surface area contributed by atoms with Crippen LogP contribution >= 0.6 is 11.8 Å². The van der Waals surface area contributed by atoms with Crippen LogP contribution in [0.2, 0.25) is 0 Å². The second-order valence-corrected chi connectivity index (χ2v) is 5.18. The van der Waals surface area contributed by atoms with Crippen LogP contribution in [0.4, 0.5) is 4.79 Å². The molecule has 1 fully saturated rings. The summed E-state index contributed by atoms with van der Waals surface area (Å²) in [7, 11) is 0. The summed E-state index contributed by atoms with van der Waals surface area (Å²) < 4.78 is 0. The molecule has 0 bridgehead atoms. The molecular weight excluding hydrogens is 228 g/mol. The van der Waals surface area contributed by atoms with Crippen molar-refractivity contribution in [2.45, 2.75) is 43.5 Å². The molecule has 0 aliphatic heterocycles. The molecule has 1 saturated carbocycles. The molecule has 1 rings (SSSR count). The van der Waals surface area contributed by atoms with E-state index in [9.17, 15) is 9.59 Å². The number of aliphatic carboxylic acids is 1. The number of thioether (sulfide) groups is 1. The molecule has 2 unspecified atom stereocenters. The van der Waals surface area contributed by atoms with Crippen molar-refractivity contribution < 1.29 is 14.7 Å². The van der Waals surface area contributed by atoms with E-state index < -0.39 is 12.0 Å². The summed E-state index contributed by atoms with van der Waals surface area (Å²) in [4.78, 5) is 21.9.